The van der Waals surface area contributed by atoms with Gasteiger partial charge in [0.1, 0.15) is 20.0 Å². The molecule has 1 rings (SSSR count). The molecule has 4 nitrogen and oxygen atoms in total. The lowest BCUT2D eigenvalue weighted by atomic mass is 10.0. The maximum atomic E-state index is 11.4. The SMILES string of the molecule is Bc1cnn(CC(=O)OC(C)(C)C)c1. The van der Waals surface area contributed by atoms with Gasteiger partial charge in [-0.15, -0.1) is 0 Å². The number of hydrogen-bond donors (Lipinski definition) is 0. The number of ether oxygens (including phenoxy) is 1. The molecule has 0 N–H and O–H groups in total. The molecule has 1 aromatic rings. The van der Waals surface area contributed by atoms with Gasteiger partial charge in [0.05, 0.1) is 0 Å². The Balaban J connectivity index is 2.50. The van der Waals surface area contributed by atoms with Crippen molar-refractivity contribution in [1.82, 2.24) is 9.78 Å². The number of carbonyl (C=O) groups is 1. The Morgan fingerprint density at radius 1 is 1.64 bits per heavy atom. The fourth-order valence-electron chi connectivity index (χ4n) is 1.06. The number of esters is 1. The molecule has 1 aromatic heterocycles. The number of hydrogen-bond acceptors (Lipinski definition) is 3. The molecule has 0 saturated heterocycles. The first kappa shape index (κ1) is 10.8. The molecule has 0 bridgehead atoms. The summed E-state index contributed by atoms with van der Waals surface area (Å²) in [5.74, 6) is -0.263. The van der Waals surface area contributed by atoms with Gasteiger partial charge in [-0.05, 0) is 20.8 Å². The van der Waals surface area contributed by atoms with Crippen molar-refractivity contribution in [2.24, 2.45) is 0 Å². The molecule has 0 saturated carbocycles. The molecule has 76 valence electrons. The van der Waals surface area contributed by atoms with Gasteiger partial charge >= 0.3 is 5.97 Å². The fraction of sp³-hybridized carbons (Fsp3) is 0.556. The first-order chi connectivity index (χ1) is 6.37. The predicted molar refractivity (Wildman–Crippen MR) is 56.3 cm³/mol. The van der Waals surface area contributed by atoms with Gasteiger partial charge in [-0.25, -0.2) is 0 Å². The molecular weight excluding hydrogens is 179 g/mol. The summed E-state index contributed by atoms with van der Waals surface area (Å²) < 4.78 is 6.72. The van der Waals surface area contributed by atoms with E-state index >= 15 is 0 Å². The van der Waals surface area contributed by atoms with Crippen molar-refractivity contribution in [2.75, 3.05) is 0 Å². The average Bonchev–Trinajstić information content (AvgIpc) is 2.30. The average molecular weight is 194 g/mol. The van der Waals surface area contributed by atoms with E-state index in [2.05, 4.69) is 5.10 Å². The molecular formula is C9H15BN2O2. The van der Waals surface area contributed by atoms with Crippen LogP contribution in [0.2, 0.25) is 0 Å². The maximum Gasteiger partial charge on any atom is 0.328 e. The predicted octanol–water partition coefficient (Wildman–Crippen LogP) is -0.517. The number of carbonyl (C=O) groups excluding carboxylic acids is 1. The van der Waals surface area contributed by atoms with Crippen LogP contribution in [-0.2, 0) is 16.1 Å². The van der Waals surface area contributed by atoms with E-state index in [1.807, 2.05) is 34.8 Å². The lowest BCUT2D eigenvalue weighted by Crippen LogP contribution is -2.26. The fourth-order valence-corrected chi connectivity index (χ4v) is 1.06. The van der Waals surface area contributed by atoms with Crippen LogP contribution in [0.3, 0.4) is 0 Å². The molecule has 0 aromatic carbocycles. The van der Waals surface area contributed by atoms with E-state index in [1.54, 1.807) is 10.9 Å². The third-order valence-electron chi connectivity index (χ3n) is 1.47. The van der Waals surface area contributed by atoms with Gasteiger partial charge in [0.25, 0.3) is 0 Å². The van der Waals surface area contributed by atoms with Crippen LogP contribution in [0.1, 0.15) is 20.8 Å². The highest BCUT2D eigenvalue weighted by molar-refractivity contribution is 6.31. The third kappa shape index (κ3) is 3.64. The van der Waals surface area contributed by atoms with E-state index in [0.717, 1.165) is 5.46 Å². The first-order valence-corrected chi connectivity index (χ1v) is 4.58. The Morgan fingerprint density at radius 2 is 2.29 bits per heavy atom. The lowest BCUT2D eigenvalue weighted by Gasteiger charge is -2.19. The Bertz CT molecular complexity index is 328. The van der Waals surface area contributed by atoms with Gasteiger partial charge in [0.15, 0.2) is 0 Å². The molecule has 14 heavy (non-hydrogen) atoms. The molecule has 0 unspecified atom stereocenters. The van der Waals surface area contributed by atoms with Gasteiger partial charge in [0, 0.05) is 12.4 Å². The second kappa shape index (κ2) is 3.86. The topological polar surface area (TPSA) is 44.1 Å². The van der Waals surface area contributed by atoms with Crippen molar-refractivity contribution >= 4 is 19.3 Å². The summed E-state index contributed by atoms with van der Waals surface area (Å²) in [7, 11) is 1.93. The summed E-state index contributed by atoms with van der Waals surface area (Å²) >= 11 is 0. The van der Waals surface area contributed by atoms with E-state index in [-0.39, 0.29) is 12.5 Å². The minimum absolute atomic E-state index is 0.172. The van der Waals surface area contributed by atoms with Gasteiger partial charge in [0.2, 0.25) is 0 Å². The van der Waals surface area contributed by atoms with E-state index in [0.29, 0.717) is 0 Å². The van der Waals surface area contributed by atoms with Crippen LogP contribution >= 0.6 is 0 Å². The van der Waals surface area contributed by atoms with Crippen molar-refractivity contribution in [2.45, 2.75) is 32.9 Å². The Labute approximate surface area is 84.7 Å². The zero-order valence-electron chi connectivity index (χ0n) is 9.07. The summed E-state index contributed by atoms with van der Waals surface area (Å²) in [6.07, 6.45) is 3.52. The van der Waals surface area contributed by atoms with Crippen molar-refractivity contribution in [3.8, 4) is 0 Å². The van der Waals surface area contributed by atoms with Crippen molar-refractivity contribution < 1.29 is 9.53 Å². The van der Waals surface area contributed by atoms with Crippen LogP contribution in [0.5, 0.6) is 0 Å². The van der Waals surface area contributed by atoms with Crippen LogP contribution in [0.4, 0.5) is 0 Å². The largest absolute Gasteiger partial charge is 0.459 e. The highest BCUT2D eigenvalue weighted by Crippen LogP contribution is 2.07. The summed E-state index contributed by atoms with van der Waals surface area (Å²) in [4.78, 5) is 11.4. The molecule has 0 fully saturated rings. The number of rotatable bonds is 2. The molecule has 1 heterocycles. The van der Waals surface area contributed by atoms with E-state index in [1.165, 1.54) is 0 Å². The standard InChI is InChI=1S/C9H15BN2O2/c1-9(2,3)14-8(13)6-12-5-7(10)4-11-12/h4-5H,6,10H2,1-3H3. The Kier molecular flexibility index (Phi) is 2.98. The van der Waals surface area contributed by atoms with Crippen LogP contribution < -0.4 is 5.46 Å². The smallest absolute Gasteiger partial charge is 0.328 e. The highest BCUT2D eigenvalue weighted by atomic mass is 16.6. The maximum absolute atomic E-state index is 11.4. The third-order valence-corrected chi connectivity index (χ3v) is 1.47. The van der Waals surface area contributed by atoms with Crippen molar-refractivity contribution in [3.05, 3.63) is 12.4 Å². The lowest BCUT2D eigenvalue weighted by molar-refractivity contribution is -0.155. The van der Waals surface area contributed by atoms with Gasteiger partial charge in [-0.2, -0.15) is 5.10 Å². The quantitative estimate of drug-likeness (QED) is 0.470. The second-order valence-corrected chi connectivity index (χ2v) is 4.30. The molecule has 0 aliphatic carbocycles. The van der Waals surface area contributed by atoms with Crippen LogP contribution in [-0.4, -0.2) is 29.2 Å². The summed E-state index contributed by atoms with van der Waals surface area (Å²) in [5, 5.41) is 4.00. The molecule has 0 amide bonds. The molecule has 0 aliphatic rings. The summed E-state index contributed by atoms with van der Waals surface area (Å²) in [6, 6.07) is 0. The van der Waals surface area contributed by atoms with E-state index in [9.17, 15) is 4.79 Å². The zero-order chi connectivity index (χ0) is 10.8. The summed E-state index contributed by atoms with van der Waals surface area (Å²) in [5.41, 5.74) is 0.604. The number of nitrogens with zero attached hydrogens (tertiary/aromatic N) is 2. The minimum atomic E-state index is -0.431. The van der Waals surface area contributed by atoms with Gasteiger partial charge in [-0.3, -0.25) is 9.48 Å². The van der Waals surface area contributed by atoms with Crippen molar-refractivity contribution in [3.63, 3.8) is 0 Å². The highest BCUT2D eigenvalue weighted by Gasteiger charge is 2.16. The zero-order valence-corrected chi connectivity index (χ0v) is 9.07. The van der Waals surface area contributed by atoms with Crippen molar-refractivity contribution in [1.29, 1.82) is 0 Å². The monoisotopic (exact) mass is 194 g/mol. The Morgan fingerprint density at radius 3 is 2.71 bits per heavy atom. The van der Waals surface area contributed by atoms with Gasteiger partial charge < -0.3 is 4.74 Å². The minimum Gasteiger partial charge on any atom is -0.459 e. The van der Waals surface area contributed by atoms with E-state index < -0.39 is 5.60 Å². The molecule has 0 spiro atoms. The first-order valence-electron chi connectivity index (χ1n) is 4.58. The van der Waals surface area contributed by atoms with E-state index in [4.69, 9.17) is 4.74 Å². The summed E-state index contributed by atoms with van der Waals surface area (Å²) in [6.45, 7) is 5.71. The Hall–Kier alpha value is -1.26. The molecule has 0 aliphatic heterocycles. The normalized spacial score (nSPS) is 11.4. The number of aromatic nitrogens is 2. The molecule has 0 atom stereocenters. The van der Waals surface area contributed by atoms with Crippen LogP contribution in [0, 0.1) is 0 Å². The van der Waals surface area contributed by atoms with Crippen LogP contribution in [0.15, 0.2) is 12.4 Å². The van der Waals surface area contributed by atoms with Gasteiger partial charge in [-0.1, -0.05) is 5.46 Å². The van der Waals surface area contributed by atoms with Crippen LogP contribution in [0.25, 0.3) is 0 Å². The second-order valence-electron chi connectivity index (χ2n) is 4.30. The molecule has 0 radical (unpaired) electrons. The molecule has 5 heteroatoms.